The molecule has 0 amide bonds. The van der Waals surface area contributed by atoms with Crippen molar-refractivity contribution in [2.75, 3.05) is 24.7 Å². The third kappa shape index (κ3) is 2.62. The van der Waals surface area contributed by atoms with E-state index in [2.05, 4.69) is 15.0 Å². The van der Waals surface area contributed by atoms with Crippen LogP contribution in [0.5, 0.6) is 0 Å². The Bertz CT molecular complexity index is 339. The summed E-state index contributed by atoms with van der Waals surface area (Å²) in [4.78, 5) is 15.0. The Morgan fingerprint density at radius 3 is 3.00 bits per heavy atom. The Morgan fingerprint density at radius 2 is 2.36 bits per heavy atom. The number of hydrogen-bond acceptors (Lipinski definition) is 5. The van der Waals surface area contributed by atoms with E-state index in [1.165, 1.54) is 7.11 Å². The van der Waals surface area contributed by atoms with Crippen LogP contribution in [0.1, 0.15) is 5.69 Å². The first-order chi connectivity index (χ1) is 6.63. The van der Waals surface area contributed by atoms with Crippen molar-refractivity contribution in [3.05, 3.63) is 17.8 Å². The van der Waals surface area contributed by atoms with Gasteiger partial charge in [-0.1, -0.05) is 0 Å². The van der Waals surface area contributed by atoms with E-state index in [0.717, 1.165) is 5.69 Å². The molecule has 0 aliphatic rings. The lowest BCUT2D eigenvalue weighted by Gasteiger charge is -2.07. The maximum atomic E-state index is 10.8. The first kappa shape index (κ1) is 10.3. The van der Waals surface area contributed by atoms with E-state index in [1.54, 1.807) is 12.1 Å². The second kappa shape index (κ2) is 4.45. The SMILES string of the molecule is COC(=O)CNc1nc(C)ccc1N. The molecule has 1 heterocycles. The van der Waals surface area contributed by atoms with Crippen molar-refractivity contribution in [2.45, 2.75) is 6.92 Å². The summed E-state index contributed by atoms with van der Waals surface area (Å²) in [5, 5.41) is 2.79. The van der Waals surface area contributed by atoms with Gasteiger partial charge in [0.05, 0.1) is 12.8 Å². The van der Waals surface area contributed by atoms with Crippen LogP contribution < -0.4 is 11.1 Å². The van der Waals surface area contributed by atoms with Crippen molar-refractivity contribution >= 4 is 17.5 Å². The number of pyridine rings is 1. The first-order valence-corrected chi connectivity index (χ1v) is 4.17. The molecule has 0 aliphatic heterocycles. The van der Waals surface area contributed by atoms with Gasteiger partial charge in [0.15, 0.2) is 0 Å². The van der Waals surface area contributed by atoms with Gasteiger partial charge in [-0.2, -0.15) is 0 Å². The number of nitrogen functional groups attached to an aromatic ring is 1. The molecule has 76 valence electrons. The molecule has 5 nitrogen and oxygen atoms in total. The molecule has 0 atom stereocenters. The van der Waals surface area contributed by atoms with Gasteiger partial charge >= 0.3 is 5.97 Å². The highest BCUT2D eigenvalue weighted by Gasteiger charge is 2.03. The molecule has 0 aliphatic carbocycles. The number of rotatable bonds is 3. The zero-order valence-corrected chi connectivity index (χ0v) is 8.20. The van der Waals surface area contributed by atoms with E-state index < -0.39 is 0 Å². The number of aromatic nitrogens is 1. The van der Waals surface area contributed by atoms with Crippen LogP contribution >= 0.6 is 0 Å². The third-order valence-electron chi connectivity index (χ3n) is 1.69. The zero-order valence-electron chi connectivity index (χ0n) is 8.20. The lowest BCUT2D eigenvalue weighted by molar-refractivity contribution is -0.138. The number of hydrogen-bond donors (Lipinski definition) is 2. The standard InChI is InChI=1S/C9H13N3O2/c1-6-3-4-7(10)9(12-6)11-5-8(13)14-2/h3-4H,5,10H2,1-2H3,(H,11,12). The molecule has 0 aromatic carbocycles. The Morgan fingerprint density at radius 1 is 1.64 bits per heavy atom. The van der Waals surface area contributed by atoms with Gasteiger partial charge in [-0.3, -0.25) is 4.79 Å². The first-order valence-electron chi connectivity index (χ1n) is 4.17. The zero-order chi connectivity index (χ0) is 10.6. The predicted octanol–water partition coefficient (Wildman–Crippen LogP) is 0.557. The second-order valence-electron chi connectivity index (χ2n) is 2.82. The molecule has 1 aromatic rings. The molecular weight excluding hydrogens is 182 g/mol. The van der Waals surface area contributed by atoms with Gasteiger partial charge in [0.1, 0.15) is 12.4 Å². The summed E-state index contributed by atoms with van der Waals surface area (Å²) in [5.41, 5.74) is 6.99. The highest BCUT2D eigenvalue weighted by molar-refractivity contribution is 5.76. The molecule has 0 bridgehead atoms. The Kier molecular flexibility index (Phi) is 3.28. The van der Waals surface area contributed by atoms with Crippen LogP contribution in [0.15, 0.2) is 12.1 Å². The molecule has 0 fully saturated rings. The summed E-state index contributed by atoms with van der Waals surface area (Å²) < 4.78 is 4.47. The highest BCUT2D eigenvalue weighted by atomic mass is 16.5. The van der Waals surface area contributed by atoms with Crippen LogP contribution in [-0.2, 0) is 9.53 Å². The third-order valence-corrected chi connectivity index (χ3v) is 1.69. The quantitative estimate of drug-likeness (QED) is 0.689. The maximum absolute atomic E-state index is 10.8. The summed E-state index contributed by atoms with van der Waals surface area (Å²) in [6.07, 6.45) is 0. The number of nitrogens with one attached hydrogen (secondary N) is 1. The maximum Gasteiger partial charge on any atom is 0.325 e. The van der Waals surface area contributed by atoms with E-state index in [1.807, 2.05) is 6.92 Å². The molecule has 3 N–H and O–H groups in total. The van der Waals surface area contributed by atoms with Crippen molar-refractivity contribution in [2.24, 2.45) is 0 Å². The van der Waals surface area contributed by atoms with E-state index >= 15 is 0 Å². The number of carbonyl (C=O) groups is 1. The second-order valence-corrected chi connectivity index (χ2v) is 2.82. The molecule has 1 aromatic heterocycles. The number of esters is 1. The van der Waals surface area contributed by atoms with E-state index in [9.17, 15) is 4.79 Å². The summed E-state index contributed by atoms with van der Waals surface area (Å²) in [5.74, 6) is 0.156. The van der Waals surface area contributed by atoms with Crippen LogP contribution in [0.2, 0.25) is 0 Å². The number of nitrogens with two attached hydrogens (primary N) is 1. The van der Waals surface area contributed by atoms with Crippen molar-refractivity contribution in [3.63, 3.8) is 0 Å². The summed E-state index contributed by atoms with van der Waals surface area (Å²) >= 11 is 0. The fourth-order valence-corrected chi connectivity index (χ4v) is 0.937. The molecule has 1 rings (SSSR count). The summed E-state index contributed by atoms with van der Waals surface area (Å²) in [6, 6.07) is 3.54. The molecule has 5 heteroatoms. The van der Waals surface area contributed by atoms with Crippen LogP contribution in [0.25, 0.3) is 0 Å². The molecule has 0 saturated carbocycles. The van der Waals surface area contributed by atoms with Gasteiger partial charge < -0.3 is 15.8 Å². The minimum absolute atomic E-state index is 0.0666. The normalized spacial score (nSPS) is 9.57. The number of anilines is 2. The molecule has 0 unspecified atom stereocenters. The number of aryl methyl sites for hydroxylation is 1. The van der Waals surface area contributed by atoms with Gasteiger partial charge in [0.25, 0.3) is 0 Å². The minimum Gasteiger partial charge on any atom is -0.468 e. The molecule has 0 radical (unpaired) electrons. The van der Waals surface area contributed by atoms with Crippen LogP contribution in [-0.4, -0.2) is 24.6 Å². The van der Waals surface area contributed by atoms with E-state index in [-0.39, 0.29) is 12.5 Å². The fraction of sp³-hybridized carbons (Fsp3) is 0.333. The lowest BCUT2D eigenvalue weighted by Crippen LogP contribution is -2.16. The van der Waals surface area contributed by atoms with Gasteiger partial charge in [-0.25, -0.2) is 4.98 Å². The van der Waals surface area contributed by atoms with Crippen molar-refractivity contribution < 1.29 is 9.53 Å². The highest BCUT2D eigenvalue weighted by Crippen LogP contribution is 2.14. The molecule has 0 saturated heterocycles. The van der Waals surface area contributed by atoms with Gasteiger partial charge in [-0.05, 0) is 19.1 Å². The Balaban J connectivity index is 2.66. The topological polar surface area (TPSA) is 77.2 Å². The average Bonchev–Trinajstić information content (AvgIpc) is 2.19. The van der Waals surface area contributed by atoms with Gasteiger partial charge in [0.2, 0.25) is 0 Å². The smallest absolute Gasteiger partial charge is 0.325 e. The van der Waals surface area contributed by atoms with Crippen LogP contribution in [0, 0.1) is 6.92 Å². The van der Waals surface area contributed by atoms with Crippen molar-refractivity contribution in [3.8, 4) is 0 Å². The van der Waals surface area contributed by atoms with Crippen LogP contribution in [0.4, 0.5) is 11.5 Å². The van der Waals surface area contributed by atoms with Crippen molar-refractivity contribution in [1.82, 2.24) is 4.98 Å². The molecule has 14 heavy (non-hydrogen) atoms. The minimum atomic E-state index is -0.354. The van der Waals surface area contributed by atoms with Gasteiger partial charge in [0, 0.05) is 5.69 Å². The summed E-state index contributed by atoms with van der Waals surface area (Å²) in [7, 11) is 1.33. The largest absolute Gasteiger partial charge is 0.468 e. The number of methoxy groups -OCH3 is 1. The number of nitrogens with zero attached hydrogens (tertiary/aromatic N) is 1. The predicted molar refractivity (Wildman–Crippen MR) is 53.9 cm³/mol. The average molecular weight is 195 g/mol. The monoisotopic (exact) mass is 195 g/mol. The molecular formula is C9H13N3O2. The van der Waals surface area contributed by atoms with Crippen molar-refractivity contribution in [1.29, 1.82) is 0 Å². The van der Waals surface area contributed by atoms with Crippen LogP contribution in [0.3, 0.4) is 0 Å². The van der Waals surface area contributed by atoms with Gasteiger partial charge in [-0.15, -0.1) is 0 Å². The number of carbonyl (C=O) groups excluding carboxylic acids is 1. The Labute approximate surface area is 82.3 Å². The fourth-order valence-electron chi connectivity index (χ4n) is 0.937. The summed E-state index contributed by atoms with van der Waals surface area (Å²) in [6.45, 7) is 1.92. The van der Waals surface area contributed by atoms with E-state index in [0.29, 0.717) is 11.5 Å². The molecule has 0 spiro atoms. The Hall–Kier alpha value is -1.78. The van der Waals surface area contributed by atoms with E-state index in [4.69, 9.17) is 5.73 Å². The number of ether oxygens (including phenoxy) is 1. The lowest BCUT2D eigenvalue weighted by atomic mass is 10.3.